The highest BCUT2D eigenvalue weighted by molar-refractivity contribution is 5.89. The molecule has 14 heavy (non-hydrogen) atoms. The second kappa shape index (κ2) is 3.65. The number of rotatable bonds is 2. The standard InChI is InChI=1S/C10H11FN2O/c11-7-1-3-8(4-2-7)12-10(14)13-9-5-6-9/h1-4,9H,5-6H2,(H2,12,13,14). The molecule has 1 saturated carbocycles. The van der Waals surface area contributed by atoms with Gasteiger partial charge in [0.15, 0.2) is 0 Å². The SMILES string of the molecule is O=C(Nc1ccc(F)cc1)NC1CC1. The number of nitrogens with one attached hydrogen (secondary N) is 2. The second-order valence-electron chi connectivity index (χ2n) is 3.38. The number of urea groups is 1. The monoisotopic (exact) mass is 194 g/mol. The topological polar surface area (TPSA) is 41.1 Å². The predicted molar refractivity (Wildman–Crippen MR) is 51.6 cm³/mol. The largest absolute Gasteiger partial charge is 0.335 e. The van der Waals surface area contributed by atoms with Crippen LogP contribution in [-0.2, 0) is 0 Å². The number of anilines is 1. The van der Waals surface area contributed by atoms with E-state index in [2.05, 4.69) is 10.6 Å². The number of hydrogen-bond donors (Lipinski definition) is 2. The van der Waals surface area contributed by atoms with E-state index in [1.165, 1.54) is 24.3 Å². The Balaban J connectivity index is 1.89. The zero-order valence-corrected chi connectivity index (χ0v) is 7.59. The van der Waals surface area contributed by atoms with Gasteiger partial charge < -0.3 is 10.6 Å². The first-order valence-electron chi connectivity index (χ1n) is 4.57. The quantitative estimate of drug-likeness (QED) is 0.743. The maximum Gasteiger partial charge on any atom is 0.319 e. The average Bonchev–Trinajstić information content (AvgIpc) is 2.93. The highest BCUT2D eigenvalue weighted by atomic mass is 19.1. The lowest BCUT2D eigenvalue weighted by atomic mass is 10.3. The molecule has 2 rings (SSSR count). The molecule has 1 fully saturated rings. The van der Waals surface area contributed by atoms with E-state index in [0.29, 0.717) is 11.7 Å². The Morgan fingerprint density at radius 2 is 1.93 bits per heavy atom. The Morgan fingerprint density at radius 3 is 2.50 bits per heavy atom. The third-order valence-electron chi connectivity index (χ3n) is 2.01. The molecule has 1 aliphatic carbocycles. The fourth-order valence-corrected chi connectivity index (χ4v) is 1.11. The van der Waals surface area contributed by atoms with Crippen molar-refractivity contribution < 1.29 is 9.18 Å². The fraction of sp³-hybridized carbons (Fsp3) is 0.300. The van der Waals surface area contributed by atoms with Gasteiger partial charge in [0.25, 0.3) is 0 Å². The molecule has 1 aromatic carbocycles. The maximum atomic E-state index is 12.5. The molecule has 1 aromatic rings. The number of carbonyl (C=O) groups is 1. The Hall–Kier alpha value is -1.58. The molecule has 0 aromatic heterocycles. The van der Waals surface area contributed by atoms with Crippen LogP contribution in [0.25, 0.3) is 0 Å². The number of hydrogen-bond acceptors (Lipinski definition) is 1. The second-order valence-corrected chi connectivity index (χ2v) is 3.38. The molecular formula is C10H11FN2O. The predicted octanol–water partition coefficient (Wildman–Crippen LogP) is 2.11. The van der Waals surface area contributed by atoms with Gasteiger partial charge in [-0.1, -0.05) is 0 Å². The third kappa shape index (κ3) is 2.45. The van der Waals surface area contributed by atoms with Crippen LogP contribution in [0.2, 0.25) is 0 Å². The molecule has 2 N–H and O–H groups in total. The minimum Gasteiger partial charge on any atom is -0.335 e. The summed E-state index contributed by atoms with van der Waals surface area (Å²) in [5.74, 6) is -0.307. The van der Waals surface area contributed by atoms with Crippen LogP contribution in [-0.4, -0.2) is 12.1 Å². The molecule has 0 atom stereocenters. The van der Waals surface area contributed by atoms with Crippen molar-refractivity contribution in [1.82, 2.24) is 5.32 Å². The normalized spacial score (nSPS) is 14.9. The number of halogens is 1. The van der Waals surface area contributed by atoms with Gasteiger partial charge in [-0.15, -0.1) is 0 Å². The van der Waals surface area contributed by atoms with Crippen LogP contribution in [0.1, 0.15) is 12.8 Å². The van der Waals surface area contributed by atoms with Gasteiger partial charge in [-0.05, 0) is 37.1 Å². The zero-order valence-electron chi connectivity index (χ0n) is 7.59. The molecule has 0 heterocycles. The van der Waals surface area contributed by atoms with E-state index >= 15 is 0 Å². The summed E-state index contributed by atoms with van der Waals surface area (Å²) in [4.78, 5) is 11.2. The molecule has 0 spiro atoms. The molecule has 0 aliphatic heterocycles. The highest BCUT2D eigenvalue weighted by Crippen LogP contribution is 2.18. The van der Waals surface area contributed by atoms with Crippen molar-refractivity contribution in [3.05, 3.63) is 30.1 Å². The lowest BCUT2D eigenvalue weighted by Gasteiger charge is -2.05. The van der Waals surface area contributed by atoms with Crippen molar-refractivity contribution in [1.29, 1.82) is 0 Å². The Morgan fingerprint density at radius 1 is 1.29 bits per heavy atom. The summed E-state index contributed by atoms with van der Waals surface area (Å²) < 4.78 is 12.5. The molecule has 0 saturated heterocycles. The Labute approximate surface area is 81.3 Å². The van der Waals surface area contributed by atoms with Crippen molar-refractivity contribution in [2.45, 2.75) is 18.9 Å². The molecule has 4 heteroatoms. The lowest BCUT2D eigenvalue weighted by Crippen LogP contribution is -2.30. The van der Waals surface area contributed by atoms with Gasteiger partial charge in [0.05, 0.1) is 0 Å². The number of amides is 2. The molecule has 0 bridgehead atoms. The van der Waals surface area contributed by atoms with E-state index in [4.69, 9.17) is 0 Å². The molecular weight excluding hydrogens is 183 g/mol. The van der Waals surface area contributed by atoms with Crippen LogP contribution in [0.15, 0.2) is 24.3 Å². The average molecular weight is 194 g/mol. The molecule has 3 nitrogen and oxygen atoms in total. The third-order valence-corrected chi connectivity index (χ3v) is 2.01. The first-order chi connectivity index (χ1) is 6.74. The maximum absolute atomic E-state index is 12.5. The van der Waals surface area contributed by atoms with Crippen LogP contribution < -0.4 is 10.6 Å². The van der Waals surface area contributed by atoms with Gasteiger partial charge in [-0.25, -0.2) is 9.18 Å². The highest BCUT2D eigenvalue weighted by Gasteiger charge is 2.22. The van der Waals surface area contributed by atoms with E-state index in [9.17, 15) is 9.18 Å². The van der Waals surface area contributed by atoms with Crippen molar-refractivity contribution in [3.63, 3.8) is 0 Å². The first-order valence-corrected chi connectivity index (χ1v) is 4.57. The molecule has 1 aliphatic rings. The summed E-state index contributed by atoms with van der Waals surface area (Å²) >= 11 is 0. The molecule has 2 amide bonds. The van der Waals surface area contributed by atoms with E-state index in [0.717, 1.165) is 12.8 Å². The zero-order chi connectivity index (χ0) is 9.97. The minimum atomic E-state index is -0.307. The number of carbonyl (C=O) groups excluding carboxylic acids is 1. The van der Waals surface area contributed by atoms with Gasteiger partial charge in [0.1, 0.15) is 5.82 Å². The summed E-state index contributed by atoms with van der Waals surface area (Å²) in [6, 6.07) is 5.79. The van der Waals surface area contributed by atoms with Gasteiger partial charge in [0.2, 0.25) is 0 Å². The summed E-state index contributed by atoms with van der Waals surface area (Å²) in [5, 5.41) is 5.40. The van der Waals surface area contributed by atoms with E-state index in [1.807, 2.05) is 0 Å². The number of benzene rings is 1. The molecule has 74 valence electrons. The van der Waals surface area contributed by atoms with E-state index in [-0.39, 0.29) is 11.8 Å². The summed E-state index contributed by atoms with van der Waals surface area (Å²) in [6.07, 6.45) is 2.10. The summed E-state index contributed by atoms with van der Waals surface area (Å²) in [6.45, 7) is 0. The Bertz CT molecular complexity index is 332. The van der Waals surface area contributed by atoms with E-state index < -0.39 is 0 Å². The lowest BCUT2D eigenvalue weighted by molar-refractivity contribution is 0.251. The summed E-state index contributed by atoms with van der Waals surface area (Å²) in [7, 11) is 0. The molecule has 0 unspecified atom stereocenters. The van der Waals surface area contributed by atoms with Crippen LogP contribution >= 0.6 is 0 Å². The van der Waals surface area contributed by atoms with Crippen molar-refractivity contribution >= 4 is 11.7 Å². The van der Waals surface area contributed by atoms with E-state index in [1.54, 1.807) is 0 Å². The van der Waals surface area contributed by atoms with Crippen LogP contribution in [0.5, 0.6) is 0 Å². The van der Waals surface area contributed by atoms with Gasteiger partial charge in [0, 0.05) is 11.7 Å². The Kier molecular flexibility index (Phi) is 2.35. The first kappa shape index (κ1) is 8.99. The van der Waals surface area contributed by atoms with Gasteiger partial charge in [-0.2, -0.15) is 0 Å². The summed E-state index contributed by atoms with van der Waals surface area (Å²) in [5.41, 5.74) is 0.601. The van der Waals surface area contributed by atoms with Gasteiger partial charge in [-0.3, -0.25) is 0 Å². The molecule has 0 radical (unpaired) electrons. The smallest absolute Gasteiger partial charge is 0.319 e. The minimum absolute atomic E-state index is 0.223. The van der Waals surface area contributed by atoms with Crippen LogP contribution in [0, 0.1) is 5.82 Å². The van der Waals surface area contributed by atoms with Gasteiger partial charge >= 0.3 is 6.03 Å². The van der Waals surface area contributed by atoms with Crippen LogP contribution in [0.3, 0.4) is 0 Å². The van der Waals surface area contributed by atoms with Crippen molar-refractivity contribution in [3.8, 4) is 0 Å². The fourth-order valence-electron chi connectivity index (χ4n) is 1.11. The van der Waals surface area contributed by atoms with Crippen molar-refractivity contribution in [2.24, 2.45) is 0 Å². The van der Waals surface area contributed by atoms with Crippen molar-refractivity contribution in [2.75, 3.05) is 5.32 Å². The van der Waals surface area contributed by atoms with Crippen LogP contribution in [0.4, 0.5) is 14.9 Å².